The first-order valence-corrected chi connectivity index (χ1v) is 7.83. The predicted octanol–water partition coefficient (Wildman–Crippen LogP) is 1.14. The highest BCUT2D eigenvalue weighted by Crippen LogP contribution is 2.33. The summed E-state index contributed by atoms with van der Waals surface area (Å²) >= 11 is 1.75. The lowest BCUT2D eigenvalue weighted by Crippen LogP contribution is -2.40. The Labute approximate surface area is 123 Å². The number of nitrogens with zero attached hydrogens (tertiary/aromatic N) is 1. The van der Waals surface area contributed by atoms with E-state index in [0.717, 1.165) is 19.4 Å². The van der Waals surface area contributed by atoms with Gasteiger partial charge in [-0.2, -0.15) is 0 Å². The lowest BCUT2D eigenvalue weighted by molar-refractivity contribution is -0.123. The van der Waals surface area contributed by atoms with Gasteiger partial charge in [-0.15, -0.1) is 11.3 Å². The number of hydrogen-bond donors (Lipinski definition) is 2. The third-order valence-electron chi connectivity index (χ3n) is 3.40. The van der Waals surface area contributed by atoms with Gasteiger partial charge < -0.3 is 10.6 Å². The van der Waals surface area contributed by atoms with E-state index in [9.17, 15) is 9.59 Å². The van der Waals surface area contributed by atoms with Crippen molar-refractivity contribution in [2.24, 2.45) is 0 Å². The minimum absolute atomic E-state index is 0.0267. The number of carbonyl (C=O) groups excluding carboxylic acids is 2. The Balaban J connectivity index is 1.74. The number of amides is 2. The third kappa shape index (κ3) is 4.31. The molecule has 2 rings (SSSR count). The molecule has 2 amide bonds. The van der Waals surface area contributed by atoms with Crippen LogP contribution < -0.4 is 10.6 Å². The largest absolute Gasteiger partial charge is 0.355 e. The molecule has 1 unspecified atom stereocenters. The summed E-state index contributed by atoms with van der Waals surface area (Å²) in [5.74, 6) is -0.0460. The van der Waals surface area contributed by atoms with Crippen molar-refractivity contribution in [3.63, 3.8) is 0 Å². The molecular weight excluding hydrogens is 274 g/mol. The molecule has 1 atom stereocenters. The van der Waals surface area contributed by atoms with Crippen molar-refractivity contribution in [3.8, 4) is 0 Å². The second-order valence-electron chi connectivity index (χ2n) is 4.98. The van der Waals surface area contributed by atoms with E-state index in [2.05, 4.69) is 33.0 Å². The zero-order valence-corrected chi connectivity index (χ0v) is 12.5. The Morgan fingerprint density at radius 3 is 2.90 bits per heavy atom. The van der Waals surface area contributed by atoms with Crippen molar-refractivity contribution in [3.05, 3.63) is 22.4 Å². The molecule has 2 heterocycles. The third-order valence-corrected chi connectivity index (χ3v) is 4.38. The lowest BCUT2D eigenvalue weighted by atomic mass is 10.2. The summed E-state index contributed by atoms with van der Waals surface area (Å²) in [5.41, 5.74) is 0. The van der Waals surface area contributed by atoms with Gasteiger partial charge in [0.05, 0.1) is 6.54 Å². The summed E-state index contributed by atoms with van der Waals surface area (Å²) in [6.45, 7) is 3.84. The van der Waals surface area contributed by atoms with E-state index >= 15 is 0 Å². The van der Waals surface area contributed by atoms with Crippen molar-refractivity contribution in [2.45, 2.75) is 25.8 Å². The quantitative estimate of drug-likeness (QED) is 0.774. The van der Waals surface area contributed by atoms with Crippen molar-refractivity contribution >= 4 is 23.2 Å². The molecule has 2 N–H and O–H groups in total. The van der Waals surface area contributed by atoms with E-state index in [0.29, 0.717) is 25.7 Å². The van der Waals surface area contributed by atoms with Crippen LogP contribution in [0.5, 0.6) is 0 Å². The van der Waals surface area contributed by atoms with E-state index in [4.69, 9.17) is 0 Å². The van der Waals surface area contributed by atoms with Gasteiger partial charge >= 0.3 is 0 Å². The number of thiophene rings is 1. The fourth-order valence-electron chi connectivity index (χ4n) is 2.50. The first-order valence-electron chi connectivity index (χ1n) is 6.95. The van der Waals surface area contributed by atoms with Crippen LogP contribution in [0.15, 0.2) is 17.5 Å². The van der Waals surface area contributed by atoms with Gasteiger partial charge in [-0.3, -0.25) is 14.5 Å². The standard InChI is InChI=1S/C14H21N3O2S/c1-11(18)15-6-7-16-14(19)10-17-8-2-4-12(17)13-5-3-9-20-13/h3,5,9,12H,2,4,6-8,10H2,1H3,(H,15,18)(H,16,19). The Morgan fingerprint density at radius 2 is 2.20 bits per heavy atom. The average molecular weight is 295 g/mol. The maximum Gasteiger partial charge on any atom is 0.234 e. The van der Waals surface area contributed by atoms with Crippen LogP contribution in [0, 0.1) is 0 Å². The fourth-order valence-corrected chi connectivity index (χ4v) is 3.39. The van der Waals surface area contributed by atoms with Gasteiger partial charge in [0.25, 0.3) is 0 Å². The van der Waals surface area contributed by atoms with Gasteiger partial charge in [-0.05, 0) is 30.8 Å². The van der Waals surface area contributed by atoms with Gasteiger partial charge in [0.1, 0.15) is 0 Å². The van der Waals surface area contributed by atoms with Crippen molar-refractivity contribution < 1.29 is 9.59 Å². The minimum Gasteiger partial charge on any atom is -0.355 e. The first kappa shape index (κ1) is 15.0. The molecular formula is C14H21N3O2S. The molecule has 0 aliphatic carbocycles. The van der Waals surface area contributed by atoms with Crippen molar-refractivity contribution in [2.75, 3.05) is 26.2 Å². The van der Waals surface area contributed by atoms with E-state index in [1.54, 1.807) is 11.3 Å². The van der Waals surface area contributed by atoms with Crippen LogP contribution in [0.4, 0.5) is 0 Å². The SMILES string of the molecule is CC(=O)NCCNC(=O)CN1CCCC1c1cccs1. The zero-order chi connectivity index (χ0) is 14.4. The second-order valence-corrected chi connectivity index (χ2v) is 5.96. The zero-order valence-electron chi connectivity index (χ0n) is 11.7. The first-order chi connectivity index (χ1) is 9.66. The van der Waals surface area contributed by atoms with Crippen molar-refractivity contribution in [1.82, 2.24) is 15.5 Å². The molecule has 0 aromatic carbocycles. The number of likely N-dealkylation sites (tertiary alicyclic amines) is 1. The highest BCUT2D eigenvalue weighted by molar-refractivity contribution is 7.10. The molecule has 5 nitrogen and oxygen atoms in total. The normalized spacial score (nSPS) is 18.9. The molecule has 1 fully saturated rings. The van der Waals surface area contributed by atoms with Crippen LogP contribution >= 0.6 is 11.3 Å². The summed E-state index contributed by atoms with van der Waals surface area (Å²) in [7, 11) is 0. The molecule has 1 aliphatic heterocycles. The number of nitrogens with one attached hydrogen (secondary N) is 2. The fraction of sp³-hybridized carbons (Fsp3) is 0.571. The van der Waals surface area contributed by atoms with Crippen LogP contribution in [-0.2, 0) is 9.59 Å². The molecule has 0 bridgehead atoms. The van der Waals surface area contributed by atoms with Crippen LogP contribution in [0.25, 0.3) is 0 Å². The Kier molecular flexibility index (Phi) is 5.55. The van der Waals surface area contributed by atoms with Gasteiger partial charge in [-0.1, -0.05) is 6.07 Å². The van der Waals surface area contributed by atoms with Crippen LogP contribution in [-0.4, -0.2) is 42.9 Å². The monoisotopic (exact) mass is 295 g/mol. The average Bonchev–Trinajstić information content (AvgIpc) is 3.04. The van der Waals surface area contributed by atoms with E-state index in [-0.39, 0.29) is 11.8 Å². The molecule has 0 saturated carbocycles. The molecule has 1 aromatic rings. The van der Waals surface area contributed by atoms with Crippen LogP contribution in [0.2, 0.25) is 0 Å². The summed E-state index contributed by atoms with van der Waals surface area (Å²) in [6, 6.07) is 4.59. The summed E-state index contributed by atoms with van der Waals surface area (Å²) < 4.78 is 0. The number of rotatable bonds is 6. The highest BCUT2D eigenvalue weighted by atomic mass is 32.1. The van der Waals surface area contributed by atoms with Crippen molar-refractivity contribution in [1.29, 1.82) is 0 Å². The number of carbonyl (C=O) groups is 2. The predicted molar refractivity (Wildman–Crippen MR) is 79.6 cm³/mol. The molecule has 1 aliphatic rings. The topological polar surface area (TPSA) is 61.4 Å². The maximum atomic E-state index is 11.9. The Hall–Kier alpha value is -1.40. The molecule has 0 radical (unpaired) electrons. The van der Waals surface area contributed by atoms with Gasteiger partial charge in [-0.25, -0.2) is 0 Å². The molecule has 110 valence electrons. The smallest absolute Gasteiger partial charge is 0.234 e. The minimum atomic E-state index is -0.0726. The second kappa shape index (κ2) is 7.40. The van der Waals surface area contributed by atoms with E-state index in [1.807, 2.05) is 0 Å². The van der Waals surface area contributed by atoms with E-state index < -0.39 is 0 Å². The highest BCUT2D eigenvalue weighted by Gasteiger charge is 2.27. The van der Waals surface area contributed by atoms with Gasteiger partial charge in [0.2, 0.25) is 11.8 Å². The maximum absolute atomic E-state index is 11.9. The van der Waals surface area contributed by atoms with Crippen LogP contribution in [0.3, 0.4) is 0 Å². The molecule has 1 aromatic heterocycles. The van der Waals surface area contributed by atoms with E-state index in [1.165, 1.54) is 11.8 Å². The summed E-state index contributed by atoms with van der Waals surface area (Å²) in [5, 5.41) is 7.58. The molecule has 6 heteroatoms. The molecule has 0 spiro atoms. The Bertz CT molecular complexity index is 447. The van der Waals surface area contributed by atoms with Gasteiger partial charge in [0, 0.05) is 30.9 Å². The number of hydrogen-bond acceptors (Lipinski definition) is 4. The summed E-state index contributed by atoms with van der Waals surface area (Å²) in [4.78, 5) is 26.2. The Morgan fingerprint density at radius 1 is 1.40 bits per heavy atom. The lowest BCUT2D eigenvalue weighted by Gasteiger charge is -2.22. The van der Waals surface area contributed by atoms with Crippen LogP contribution in [0.1, 0.15) is 30.7 Å². The summed E-state index contributed by atoms with van der Waals surface area (Å²) in [6.07, 6.45) is 2.27. The van der Waals surface area contributed by atoms with Gasteiger partial charge in [0.15, 0.2) is 0 Å². The molecule has 1 saturated heterocycles. The molecule has 20 heavy (non-hydrogen) atoms.